The van der Waals surface area contributed by atoms with Crippen molar-refractivity contribution in [3.8, 4) is 0 Å². The Kier molecular flexibility index (Phi) is 3.20. The average molecular weight is 231 g/mol. The van der Waals surface area contributed by atoms with Crippen LogP contribution in [-0.2, 0) is 0 Å². The molecule has 0 saturated heterocycles. The lowest BCUT2D eigenvalue weighted by molar-refractivity contribution is 0.164. The van der Waals surface area contributed by atoms with E-state index in [0.29, 0.717) is 0 Å². The Morgan fingerprint density at radius 2 is 2.33 bits per heavy atom. The van der Waals surface area contributed by atoms with Gasteiger partial charge in [-0.1, -0.05) is 0 Å². The lowest BCUT2D eigenvalue weighted by Crippen LogP contribution is -2.23. The van der Waals surface area contributed by atoms with Crippen LogP contribution in [0.25, 0.3) is 0 Å². The highest BCUT2D eigenvalue weighted by Crippen LogP contribution is 2.16. The van der Waals surface area contributed by atoms with E-state index in [-0.39, 0.29) is 6.04 Å². The van der Waals surface area contributed by atoms with Crippen molar-refractivity contribution < 1.29 is 5.11 Å². The molecule has 0 aliphatic carbocycles. The Bertz CT molecular complexity index is 265. The van der Waals surface area contributed by atoms with Crippen LogP contribution < -0.4 is 5.73 Å². The van der Waals surface area contributed by atoms with Gasteiger partial charge in [-0.2, -0.15) is 0 Å². The number of hydrogen-bond acceptors (Lipinski definition) is 3. The third kappa shape index (κ3) is 2.27. The van der Waals surface area contributed by atoms with Crippen LogP contribution in [0.4, 0.5) is 0 Å². The minimum absolute atomic E-state index is 0.343. The first-order valence-electron chi connectivity index (χ1n) is 3.66. The number of hydrogen-bond donors (Lipinski definition) is 2. The van der Waals surface area contributed by atoms with E-state index >= 15 is 0 Å². The van der Waals surface area contributed by atoms with E-state index in [1.165, 1.54) is 0 Å². The normalized spacial score (nSPS) is 15.7. The zero-order valence-electron chi connectivity index (χ0n) is 6.74. The summed E-state index contributed by atoms with van der Waals surface area (Å²) in [6.07, 6.45) is 1.11. The molecule has 1 aromatic rings. The zero-order chi connectivity index (χ0) is 9.14. The fraction of sp³-hybridized carbons (Fsp3) is 0.375. The summed E-state index contributed by atoms with van der Waals surface area (Å²) in [5.74, 6) is 0. The van der Waals surface area contributed by atoms with Crippen molar-refractivity contribution in [1.82, 2.24) is 4.98 Å². The van der Waals surface area contributed by atoms with E-state index in [1.54, 1.807) is 25.3 Å². The second-order valence-corrected chi connectivity index (χ2v) is 3.49. The first-order valence-corrected chi connectivity index (χ1v) is 4.45. The molecule has 0 bridgehead atoms. The molecule has 0 spiro atoms. The maximum atomic E-state index is 9.20. The van der Waals surface area contributed by atoms with Crippen molar-refractivity contribution in [3.05, 3.63) is 28.5 Å². The molecule has 12 heavy (non-hydrogen) atoms. The summed E-state index contributed by atoms with van der Waals surface area (Å²) in [6.45, 7) is 1.67. The van der Waals surface area contributed by atoms with Crippen LogP contribution in [0.2, 0.25) is 0 Å². The molecule has 4 heteroatoms. The van der Waals surface area contributed by atoms with Gasteiger partial charge in [0.15, 0.2) is 0 Å². The zero-order valence-corrected chi connectivity index (χ0v) is 8.32. The van der Waals surface area contributed by atoms with Gasteiger partial charge in [0.25, 0.3) is 0 Å². The van der Waals surface area contributed by atoms with Gasteiger partial charge < -0.3 is 10.8 Å². The number of aromatic nitrogens is 1. The molecule has 1 heterocycles. The molecule has 0 aliphatic heterocycles. The topological polar surface area (TPSA) is 59.1 Å². The highest BCUT2D eigenvalue weighted by atomic mass is 79.9. The summed E-state index contributed by atoms with van der Waals surface area (Å²) in [5.41, 5.74) is 6.59. The Balaban J connectivity index is 2.88. The summed E-state index contributed by atoms with van der Waals surface area (Å²) < 4.78 is 0.733. The van der Waals surface area contributed by atoms with Crippen LogP contribution in [0.5, 0.6) is 0 Å². The molecule has 3 nitrogen and oxygen atoms in total. The Morgan fingerprint density at radius 1 is 1.67 bits per heavy atom. The van der Waals surface area contributed by atoms with Crippen LogP contribution in [0.1, 0.15) is 18.5 Å². The molecule has 0 saturated carbocycles. The third-order valence-electron chi connectivity index (χ3n) is 1.66. The summed E-state index contributed by atoms with van der Waals surface area (Å²) in [5, 5.41) is 9.20. The predicted molar refractivity (Wildman–Crippen MR) is 50.5 cm³/mol. The van der Waals surface area contributed by atoms with Crippen molar-refractivity contribution in [3.63, 3.8) is 0 Å². The molecule has 3 N–H and O–H groups in total. The van der Waals surface area contributed by atoms with Crippen LogP contribution in [0.3, 0.4) is 0 Å². The Morgan fingerprint density at radius 3 is 2.83 bits per heavy atom. The summed E-state index contributed by atoms with van der Waals surface area (Å²) in [6, 6.07) is 3.25. The minimum atomic E-state index is -0.542. The standard InChI is InChI=1S/C8H11BrN2O/c1-5(12)8(10)6-2-3-11-7(9)4-6/h2-5,8,12H,10H2,1H3/t5-,8+/m0/s1. The van der Waals surface area contributed by atoms with E-state index in [4.69, 9.17) is 5.73 Å². The van der Waals surface area contributed by atoms with Crippen molar-refractivity contribution >= 4 is 15.9 Å². The summed E-state index contributed by atoms with van der Waals surface area (Å²) in [7, 11) is 0. The maximum absolute atomic E-state index is 9.20. The molecule has 0 aliphatic rings. The van der Waals surface area contributed by atoms with Gasteiger partial charge in [0.2, 0.25) is 0 Å². The summed E-state index contributed by atoms with van der Waals surface area (Å²) in [4.78, 5) is 3.96. The van der Waals surface area contributed by atoms with Gasteiger partial charge in [-0.15, -0.1) is 0 Å². The molecule has 1 rings (SSSR count). The van der Waals surface area contributed by atoms with Crippen molar-refractivity contribution in [2.45, 2.75) is 19.1 Å². The fourth-order valence-corrected chi connectivity index (χ4v) is 1.29. The van der Waals surface area contributed by atoms with Crippen molar-refractivity contribution in [1.29, 1.82) is 0 Å². The predicted octanol–water partition coefficient (Wildman–Crippen LogP) is 1.22. The SMILES string of the molecule is C[C@H](O)[C@@H](N)c1ccnc(Br)c1. The molecule has 0 fully saturated rings. The van der Waals surface area contributed by atoms with Gasteiger partial charge in [0.1, 0.15) is 4.60 Å². The lowest BCUT2D eigenvalue weighted by Gasteiger charge is -2.14. The average Bonchev–Trinajstić information content (AvgIpc) is 2.03. The number of pyridine rings is 1. The largest absolute Gasteiger partial charge is 0.391 e. The number of halogens is 1. The summed E-state index contributed by atoms with van der Waals surface area (Å²) >= 11 is 3.23. The van der Waals surface area contributed by atoms with Gasteiger partial charge in [-0.05, 0) is 40.5 Å². The van der Waals surface area contributed by atoms with Gasteiger partial charge in [0, 0.05) is 6.20 Å². The lowest BCUT2D eigenvalue weighted by atomic mass is 10.1. The van der Waals surface area contributed by atoms with E-state index in [9.17, 15) is 5.11 Å². The molecule has 0 aromatic carbocycles. The fourth-order valence-electron chi connectivity index (χ4n) is 0.903. The first-order chi connectivity index (χ1) is 5.61. The molecule has 66 valence electrons. The van der Waals surface area contributed by atoms with Gasteiger partial charge in [-0.25, -0.2) is 4.98 Å². The van der Waals surface area contributed by atoms with Crippen molar-refractivity contribution in [2.75, 3.05) is 0 Å². The smallest absolute Gasteiger partial charge is 0.106 e. The van der Waals surface area contributed by atoms with E-state index in [1.807, 2.05) is 0 Å². The van der Waals surface area contributed by atoms with E-state index < -0.39 is 6.10 Å². The quantitative estimate of drug-likeness (QED) is 0.752. The number of nitrogens with zero attached hydrogens (tertiary/aromatic N) is 1. The van der Waals surface area contributed by atoms with Gasteiger partial charge in [0.05, 0.1) is 12.1 Å². The second-order valence-electron chi connectivity index (χ2n) is 2.68. The number of rotatable bonds is 2. The third-order valence-corrected chi connectivity index (χ3v) is 2.09. The molecular formula is C8H11BrN2O. The van der Waals surface area contributed by atoms with Crippen LogP contribution in [0, 0.1) is 0 Å². The number of aliphatic hydroxyl groups is 1. The molecule has 0 amide bonds. The molecular weight excluding hydrogens is 220 g/mol. The van der Waals surface area contributed by atoms with Crippen molar-refractivity contribution in [2.24, 2.45) is 5.73 Å². The van der Waals surface area contributed by atoms with E-state index in [0.717, 1.165) is 10.2 Å². The highest BCUT2D eigenvalue weighted by molar-refractivity contribution is 9.10. The first kappa shape index (κ1) is 9.64. The van der Waals surface area contributed by atoms with Gasteiger partial charge in [-0.3, -0.25) is 0 Å². The Hall–Kier alpha value is -0.450. The molecule has 0 radical (unpaired) electrons. The second kappa shape index (κ2) is 3.98. The molecule has 0 unspecified atom stereocenters. The van der Waals surface area contributed by atoms with Crippen LogP contribution in [-0.4, -0.2) is 16.2 Å². The Labute approximate surface area is 79.7 Å². The van der Waals surface area contributed by atoms with E-state index in [2.05, 4.69) is 20.9 Å². The van der Waals surface area contributed by atoms with Crippen LogP contribution >= 0.6 is 15.9 Å². The maximum Gasteiger partial charge on any atom is 0.106 e. The number of aliphatic hydroxyl groups excluding tert-OH is 1. The minimum Gasteiger partial charge on any atom is -0.391 e. The van der Waals surface area contributed by atoms with Crippen LogP contribution in [0.15, 0.2) is 22.9 Å². The monoisotopic (exact) mass is 230 g/mol. The molecule has 1 aromatic heterocycles. The molecule has 2 atom stereocenters. The highest BCUT2D eigenvalue weighted by Gasteiger charge is 2.11. The number of nitrogens with two attached hydrogens (primary N) is 1. The van der Waals surface area contributed by atoms with Gasteiger partial charge >= 0.3 is 0 Å².